The van der Waals surface area contributed by atoms with E-state index in [9.17, 15) is 0 Å². The Morgan fingerprint density at radius 3 is 3.00 bits per heavy atom. The van der Waals surface area contributed by atoms with E-state index < -0.39 is 0 Å². The maximum absolute atomic E-state index is 5.72. The number of rotatable bonds is 7. The number of nitrogens with one attached hydrogen (secondary N) is 1. The van der Waals surface area contributed by atoms with Crippen LogP contribution in [0.4, 0.5) is 0 Å². The highest BCUT2D eigenvalue weighted by Crippen LogP contribution is 2.24. The SMILES string of the molecule is CCCc1cccc(C(CCC2CCCO2)NC)c1. The molecule has 2 atom stereocenters. The van der Waals surface area contributed by atoms with Crippen LogP contribution in [0.25, 0.3) is 0 Å². The van der Waals surface area contributed by atoms with Gasteiger partial charge in [0, 0.05) is 12.6 Å². The van der Waals surface area contributed by atoms with Crippen molar-refractivity contribution >= 4 is 0 Å². The number of benzene rings is 1. The molecule has 1 aromatic carbocycles. The summed E-state index contributed by atoms with van der Waals surface area (Å²) in [6.07, 6.45) is 7.70. The molecule has 0 amide bonds. The van der Waals surface area contributed by atoms with E-state index >= 15 is 0 Å². The van der Waals surface area contributed by atoms with Crippen molar-refractivity contribution in [2.75, 3.05) is 13.7 Å². The second-order valence-electron chi connectivity index (χ2n) is 5.55. The first kappa shape index (κ1) is 14.5. The molecule has 2 unspecified atom stereocenters. The molecule has 106 valence electrons. The Labute approximate surface area is 117 Å². The van der Waals surface area contributed by atoms with Gasteiger partial charge in [-0.15, -0.1) is 0 Å². The molecule has 1 N–H and O–H groups in total. The number of aryl methyl sites for hydroxylation is 1. The van der Waals surface area contributed by atoms with E-state index in [1.54, 1.807) is 0 Å². The monoisotopic (exact) mass is 261 g/mol. The zero-order chi connectivity index (χ0) is 13.5. The Morgan fingerprint density at radius 1 is 1.42 bits per heavy atom. The van der Waals surface area contributed by atoms with Crippen molar-refractivity contribution < 1.29 is 4.74 Å². The molecule has 19 heavy (non-hydrogen) atoms. The minimum absolute atomic E-state index is 0.459. The third-order valence-corrected chi connectivity index (χ3v) is 4.04. The van der Waals surface area contributed by atoms with Crippen LogP contribution >= 0.6 is 0 Å². The van der Waals surface area contributed by atoms with Crippen LogP contribution in [0.3, 0.4) is 0 Å². The van der Waals surface area contributed by atoms with Gasteiger partial charge in [0.25, 0.3) is 0 Å². The normalized spacial score (nSPS) is 20.6. The molecule has 1 fully saturated rings. The van der Waals surface area contributed by atoms with Gasteiger partial charge in [0.05, 0.1) is 6.10 Å². The summed E-state index contributed by atoms with van der Waals surface area (Å²) >= 11 is 0. The highest BCUT2D eigenvalue weighted by atomic mass is 16.5. The van der Waals surface area contributed by atoms with Crippen molar-refractivity contribution in [1.29, 1.82) is 0 Å². The zero-order valence-corrected chi connectivity index (χ0v) is 12.3. The summed E-state index contributed by atoms with van der Waals surface area (Å²) in [4.78, 5) is 0. The molecule has 0 spiro atoms. The number of hydrogen-bond acceptors (Lipinski definition) is 2. The van der Waals surface area contributed by atoms with Crippen LogP contribution in [0.1, 0.15) is 56.2 Å². The van der Waals surface area contributed by atoms with Gasteiger partial charge < -0.3 is 10.1 Å². The molecule has 1 aliphatic heterocycles. The van der Waals surface area contributed by atoms with Crippen molar-refractivity contribution in [3.05, 3.63) is 35.4 Å². The summed E-state index contributed by atoms with van der Waals surface area (Å²) in [5, 5.41) is 3.46. The second-order valence-corrected chi connectivity index (χ2v) is 5.55. The van der Waals surface area contributed by atoms with E-state index in [0.717, 1.165) is 13.0 Å². The highest BCUT2D eigenvalue weighted by Gasteiger charge is 2.18. The van der Waals surface area contributed by atoms with Gasteiger partial charge in [-0.3, -0.25) is 0 Å². The number of hydrogen-bond donors (Lipinski definition) is 1. The predicted octanol–water partition coefficient (Wildman–Crippen LogP) is 3.86. The van der Waals surface area contributed by atoms with E-state index in [1.807, 2.05) is 0 Å². The Morgan fingerprint density at radius 2 is 2.32 bits per heavy atom. The molecular weight excluding hydrogens is 234 g/mol. The van der Waals surface area contributed by atoms with Gasteiger partial charge >= 0.3 is 0 Å². The largest absolute Gasteiger partial charge is 0.378 e. The summed E-state index contributed by atoms with van der Waals surface area (Å²) in [5.74, 6) is 0. The van der Waals surface area contributed by atoms with E-state index in [1.165, 1.54) is 43.2 Å². The molecule has 1 heterocycles. The summed E-state index contributed by atoms with van der Waals surface area (Å²) in [5.41, 5.74) is 2.88. The lowest BCUT2D eigenvalue weighted by molar-refractivity contribution is 0.0998. The summed E-state index contributed by atoms with van der Waals surface area (Å²) in [6, 6.07) is 9.49. The smallest absolute Gasteiger partial charge is 0.0576 e. The first-order valence-electron chi connectivity index (χ1n) is 7.71. The fourth-order valence-electron chi connectivity index (χ4n) is 2.96. The third-order valence-electron chi connectivity index (χ3n) is 4.04. The van der Waals surface area contributed by atoms with Crippen LogP contribution in [0.2, 0.25) is 0 Å². The summed E-state index contributed by atoms with van der Waals surface area (Å²) < 4.78 is 5.72. The third kappa shape index (κ3) is 4.32. The minimum atomic E-state index is 0.459. The van der Waals surface area contributed by atoms with Crippen molar-refractivity contribution in [3.63, 3.8) is 0 Å². The lowest BCUT2D eigenvalue weighted by Crippen LogP contribution is -2.19. The molecular formula is C17H27NO. The van der Waals surface area contributed by atoms with Crippen LogP contribution < -0.4 is 5.32 Å². The standard InChI is InChI=1S/C17H27NO/c1-3-6-14-7-4-8-15(13-14)17(18-2)11-10-16-9-5-12-19-16/h4,7-8,13,16-18H,3,5-6,9-12H2,1-2H3. The Balaban J connectivity index is 1.93. The molecule has 2 rings (SSSR count). The Bertz CT molecular complexity index is 371. The molecule has 2 heteroatoms. The van der Waals surface area contributed by atoms with E-state index in [2.05, 4.69) is 43.6 Å². The molecule has 0 saturated carbocycles. The molecule has 1 saturated heterocycles. The molecule has 0 bridgehead atoms. The van der Waals surface area contributed by atoms with Gasteiger partial charge in [0.1, 0.15) is 0 Å². The molecule has 0 aromatic heterocycles. The van der Waals surface area contributed by atoms with Crippen molar-refractivity contribution in [2.45, 2.75) is 57.6 Å². The molecule has 0 aliphatic carbocycles. The summed E-state index contributed by atoms with van der Waals surface area (Å²) in [6.45, 7) is 3.19. The van der Waals surface area contributed by atoms with Gasteiger partial charge in [0.15, 0.2) is 0 Å². The topological polar surface area (TPSA) is 21.3 Å². The average Bonchev–Trinajstić information content (AvgIpc) is 2.94. The van der Waals surface area contributed by atoms with E-state index in [0.29, 0.717) is 12.1 Å². The fourth-order valence-corrected chi connectivity index (χ4v) is 2.96. The maximum atomic E-state index is 5.72. The Kier molecular flexibility index (Phi) is 5.87. The summed E-state index contributed by atoms with van der Waals surface area (Å²) in [7, 11) is 2.06. The van der Waals surface area contributed by atoms with Crippen molar-refractivity contribution in [3.8, 4) is 0 Å². The average molecular weight is 261 g/mol. The van der Waals surface area contributed by atoms with Crippen LogP contribution in [0.5, 0.6) is 0 Å². The van der Waals surface area contributed by atoms with Crippen LogP contribution in [-0.2, 0) is 11.2 Å². The predicted molar refractivity (Wildman–Crippen MR) is 80.4 cm³/mol. The Hall–Kier alpha value is -0.860. The van der Waals surface area contributed by atoms with Gasteiger partial charge in [-0.2, -0.15) is 0 Å². The first-order valence-corrected chi connectivity index (χ1v) is 7.71. The quantitative estimate of drug-likeness (QED) is 0.804. The lowest BCUT2D eigenvalue weighted by Gasteiger charge is -2.19. The molecule has 1 aromatic rings. The molecule has 2 nitrogen and oxygen atoms in total. The van der Waals surface area contributed by atoms with E-state index in [-0.39, 0.29) is 0 Å². The molecule has 0 radical (unpaired) electrons. The van der Waals surface area contributed by atoms with Gasteiger partial charge in [-0.1, -0.05) is 37.6 Å². The van der Waals surface area contributed by atoms with Crippen molar-refractivity contribution in [1.82, 2.24) is 5.32 Å². The van der Waals surface area contributed by atoms with Crippen molar-refractivity contribution in [2.24, 2.45) is 0 Å². The van der Waals surface area contributed by atoms with Crippen LogP contribution in [0.15, 0.2) is 24.3 Å². The van der Waals surface area contributed by atoms with Crippen LogP contribution in [-0.4, -0.2) is 19.8 Å². The van der Waals surface area contributed by atoms with Gasteiger partial charge in [-0.05, 0) is 50.3 Å². The fraction of sp³-hybridized carbons (Fsp3) is 0.647. The zero-order valence-electron chi connectivity index (χ0n) is 12.3. The highest BCUT2D eigenvalue weighted by molar-refractivity contribution is 5.26. The van der Waals surface area contributed by atoms with Crippen LogP contribution in [0, 0.1) is 0 Å². The lowest BCUT2D eigenvalue weighted by atomic mass is 9.97. The van der Waals surface area contributed by atoms with E-state index in [4.69, 9.17) is 4.74 Å². The van der Waals surface area contributed by atoms with Gasteiger partial charge in [-0.25, -0.2) is 0 Å². The molecule has 1 aliphatic rings. The maximum Gasteiger partial charge on any atom is 0.0576 e. The van der Waals surface area contributed by atoms with Gasteiger partial charge in [0.2, 0.25) is 0 Å². The minimum Gasteiger partial charge on any atom is -0.378 e. The number of ether oxygens (including phenoxy) is 1. The first-order chi connectivity index (χ1) is 9.33. The second kappa shape index (κ2) is 7.66.